The molecule has 0 amide bonds. The number of esters is 1. The minimum Gasteiger partial charge on any atom is -0.466 e. The van der Waals surface area contributed by atoms with Crippen molar-refractivity contribution in [3.63, 3.8) is 0 Å². The van der Waals surface area contributed by atoms with Crippen molar-refractivity contribution in [2.24, 2.45) is 11.7 Å². The second-order valence-corrected chi connectivity index (χ2v) is 9.66. The third-order valence-electron chi connectivity index (χ3n) is 6.79. The van der Waals surface area contributed by atoms with E-state index in [0.29, 0.717) is 29.1 Å². The van der Waals surface area contributed by atoms with E-state index in [9.17, 15) is 19.2 Å². The van der Waals surface area contributed by atoms with E-state index in [1.54, 1.807) is 6.07 Å². The monoisotopic (exact) mass is 592 g/mol. The van der Waals surface area contributed by atoms with Crippen molar-refractivity contribution in [2.45, 2.75) is 58.4 Å². The first-order valence-electron chi connectivity index (χ1n) is 14.1. The molecule has 0 bridgehead atoms. The van der Waals surface area contributed by atoms with Crippen molar-refractivity contribution in [3.8, 4) is 0 Å². The van der Waals surface area contributed by atoms with Gasteiger partial charge in [0, 0.05) is 24.1 Å². The fraction of sp³-hybridized carbons (Fsp3) is 0.333. The number of aldehydes is 1. The number of aryl methyl sites for hydroxylation is 2. The van der Waals surface area contributed by atoms with Gasteiger partial charge in [0.05, 0.1) is 12.8 Å². The van der Waals surface area contributed by atoms with Gasteiger partial charge >= 0.3 is 5.97 Å². The topological polar surface area (TPSA) is 174 Å². The maximum Gasteiger partial charge on any atom is 0.330 e. The smallest absolute Gasteiger partial charge is 0.330 e. The van der Waals surface area contributed by atoms with Crippen LogP contribution in [0.15, 0.2) is 66.7 Å². The fourth-order valence-electron chi connectivity index (χ4n) is 4.32. The standard InChI is InChI=1S/C18H25N.C15H15NO6.H4N2/c1-4-5-6-9-15-12-16-10-7-8-11-17(16)18(13-15)14(2)19-3;1-22-15(20)7-6-14(19)13(18)5-3-10-2-4-12(16-21)8-11(10)9-17;1-2/h7-8,10-14,19H,4-6,9H2,1-3H3;2,4,6-9,16,21H,3,5H2,1H3;1-2H2/b;7-6+;. The van der Waals surface area contributed by atoms with Gasteiger partial charge in [0.1, 0.15) is 6.29 Å². The summed E-state index contributed by atoms with van der Waals surface area (Å²) in [6.07, 6.45) is 7.51. The normalized spacial score (nSPS) is 11.0. The summed E-state index contributed by atoms with van der Waals surface area (Å²) < 4.78 is 4.31. The summed E-state index contributed by atoms with van der Waals surface area (Å²) in [7, 11) is 3.19. The minimum atomic E-state index is -0.813. The Morgan fingerprint density at radius 1 is 1.00 bits per heavy atom. The molecular weight excluding hydrogens is 548 g/mol. The van der Waals surface area contributed by atoms with Gasteiger partial charge in [-0.2, -0.15) is 0 Å². The first kappa shape index (κ1) is 36.8. The number of ketones is 2. The Morgan fingerprint density at radius 3 is 2.35 bits per heavy atom. The van der Waals surface area contributed by atoms with Gasteiger partial charge in [-0.15, -0.1) is 0 Å². The molecule has 0 saturated heterocycles. The van der Waals surface area contributed by atoms with Crippen LogP contribution >= 0.6 is 0 Å². The molecule has 1 unspecified atom stereocenters. The molecule has 10 nitrogen and oxygen atoms in total. The number of Topliss-reactive ketones (excluding diaryl/α,β-unsaturated/α-hetero) is 1. The number of allylic oxidation sites excluding steroid dienone is 1. The number of ether oxygens (including phenoxy) is 1. The summed E-state index contributed by atoms with van der Waals surface area (Å²) in [5, 5.41) is 14.9. The zero-order valence-electron chi connectivity index (χ0n) is 25.4. The zero-order valence-corrected chi connectivity index (χ0v) is 25.4. The Hall–Kier alpha value is -4.22. The maximum atomic E-state index is 11.6. The molecule has 0 spiro atoms. The number of hydrogen-bond donors (Lipinski definition) is 5. The second kappa shape index (κ2) is 20.6. The van der Waals surface area contributed by atoms with Crippen LogP contribution < -0.4 is 22.5 Å². The fourth-order valence-corrected chi connectivity index (χ4v) is 4.32. The molecule has 10 heteroatoms. The van der Waals surface area contributed by atoms with Crippen LogP contribution in [0.5, 0.6) is 0 Å². The molecule has 0 aliphatic heterocycles. The van der Waals surface area contributed by atoms with Crippen LogP contribution in [0.4, 0.5) is 5.69 Å². The van der Waals surface area contributed by atoms with Crippen LogP contribution in [0.25, 0.3) is 10.8 Å². The van der Waals surface area contributed by atoms with Crippen molar-refractivity contribution in [1.29, 1.82) is 0 Å². The number of methoxy groups -OCH3 is 1. The van der Waals surface area contributed by atoms with E-state index >= 15 is 0 Å². The number of rotatable bonds is 14. The molecule has 3 aromatic rings. The van der Waals surface area contributed by atoms with Crippen LogP contribution in [0.2, 0.25) is 0 Å². The molecule has 232 valence electrons. The lowest BCUT2D eigenvalue weighted by atomic mass is 9.94. The van der Waals surface area contributed by atoms with Crippen LogP contribution in [-0.4, -0.2) is 43.2 Å². The van der Waals surface area contributed by atoms with Crippen molar-refractivity contribution in [3.05, 3.63) is 89.0 Å². The average Bonchev–Trinajstić information content (AvgIpc) is 3.06. The van der Waals surface area contributed by atoms with Gasteiger partial charge in [-0.3, -0.25) is 36.8 Å². The molecule has 1 atom stereocenters. The van der Waals surface area contributed by atoms with Crippen LogP contribution in [0.1, 0.15) is 72.6 Å². The van der Waals surface area contributed by atoms with E-state index in [0.717, 1.165) is 19.3 Å². The second-order valence-electron chi connectivity index (χ2n) is 9.66. The molecule has 0 fully saturated rings. The van der Waals surface area contributed by atoms with Crippen molar-refractivity contribution in [2.75, 3.05) is 19.6 Å². The minimum absolute atomic E-state index is 0.100. The highest BCUT2D eigenvalue weighted by atomic mass is 16.5. The van der Waals surface area contributed by atoms with Gasteiger partial charge in [-0.1, -0.05) is 62.2 Å². The molecule has 3 rings (SSSR count). The van der Waals surface area contributed by atoms with Gasteiger partial charge in [0.2, 0.25) is 11.6 Å². The Bertz CT molecular complexity index is 1370. The number of nitrogens with one attached hydrogen (secondary N) is 2. The Kier molecular flexibility index (Phi) is 17.7. The summed E-state index contributed by atoms with van der Waals surface area (Å²) in [4.78, 5) is 44.9. The third kappa shape index (κ3) is 12.3. The molecule has 0 aliphatic carbocycles. The number of benzene rings is 3. The van der Waals surface area contributed by atoms with Crippen molar-refractivity contribution < 1.29 is 29.1 Å². The summed E-state index contributed by atoms with van der Waals surface area (Å²) >= 11 is 0. The highest BCUT2D eigenvalue weighted by Crippen LogP contribution is 2.27. The molecule has 43 heavy (non-hydrogen) atoms. The number of carbonyl (C=O) groups is 4. The van der Waals surface area contributed by atoms with Gasteiger partial charge in [-0.25, -0.2) is 4.79 Å². The van der Waals surface area contributed by atoms with Crippen LogP contribution in [0, 0.1) is 0 Å². The summed E-state index contributed by atoms with van der Waals surface area (Å²) in [5.74, 6) is 5.78. The molecule has 0 heterocycles. The zero-order chi connectivity index (χ0) is 32.2. The summed E-state index contributed by atoms with van der Waals surface area (Å²) in [6.45, 7) is 4.49. The predicted molar refractivity (Wildman–Crippen MR) is 170 cm³/mol. The molecule has 0 radical (unpaired) electrons. The first-order valence-corrected chi connectivity index (χ1v) is 14.1. The van der Waals surface area contributed by atoms with Crippen LogP contribution in [0.3, 0.4) is 0 Å². The molecule has 0 saturated carbocycles. The Labute approximate surface area is 253 Å². The van der Waals surface area contributed by atoms with Gasteiger partial charge < -0.3 is 10.1 Å². The number of nitrogens with two attached hydrogens (primary N) is 2. The number of hydrogen-bond acceptors (Lipinski definition) is 10. The molecule has 7 N–H and O–H groups in total. The number of anilines is 1. The average molecular weight is 593 g/mol. The van der Waals surface area contributed by atoms with E-state index in [1.807, 2.05) is 12.5 Å². The van der Waals surface area contributed by atoms with Gasteiger partial charge in [0.15, 0.2) is 0 Å². The van der Waals surface area contributed by atoms with E-state index in [1.165, 1.54) is 59.7 Å². The van der Waals surface area contributed by atoms with Gasteiger partial charge in [0.25, 0.3) is 0 Å². The van der Waals surface area contributed by atoms with E-state index < -0.39 is 17.5 Å². The molecule has 0 aromatic heterocycles. The van der Waals surface area contributed by atoms with Crippen molar-refractivity contribution in [1.82, 2.24) is 5.32 Å². The quantitative estimate of drug-likeness (QED) is 0.0334. The predicted octanol–water partition coefficient (Wildman–Crippen LogP) is 4.77. The lowest BCUT2D eigenvalue weighted by Crippen LogP contribution is -2.13. The largest absolute Gasteiger partial charge is 0.466 e. The molecule has 0 aliphatic rings. The lowest BCUT2D eigenvalue weighted by Gasteiger charge is -2.16. The number of carbonyl (C=O) groups excluding carboxylic acids is 4. The number of hydrazine groups is 1. The number of unbranched alkanes of at least 4 members (excludes halogenated alkanes) is 2. The first-order chi connectivity index (χ1) is 20.8. The van der Waals surface area contributed by atoms with E-state index in [2.05, 4.69) is 72.0 Å². The highest BCUT2D eigenvalue weighted by molar-refractivity contribution is 6.42. The summed E-state index contributed by atoms with van der Waals surface area (Å²) in [6, 6.07) is 18.4. The summed E-state index contributed by atoms with van der Waals surface area (Å²) in [5.41, 5.74) is 6.04. The SMILES string of the molecule is CCCCCc1cc(C(C)NC)c2ccccc2c1.COC(=O)/C=C/C(=O)C(=O)CCc1ccc(NO)cc1C=O.NN. The Morgan fingerprint density at radius 2 is 1.72 bits per heavy atom. The number of fused-ring (bicyclic) bond motifs is 1. The third-order valence-corrected chi connectivity index (χ3v) is 6.79. The molecule has 3 aromatic carbocycles. The lowest BCUT2D eigenvalue weighted by molar-refractivity contribution is -0.135. The Balaban J connectivity index is 0.000000410. The van der Waals surface area contributed by atoms with E-state index in [-0.39, 0.29) is 12.8 Å². The van der Waals surface area contributed by atoms with Gasteiger partial charge in [-0.05, 0) is 78.9 Å². The molecular formula is C33H44N4O6. The van der Waals surface area contributed by atoms with E-state index in [4.69, 9.17) is 5.21 Å². The van der Waals surface area contributed by atoms with Crippen molar-refractivity contribution >= 4 is 40.3 Å². The highest BCUT2D eigenvalue weighted by Gasteiger charge is 2.13. The van der Waals surface area contributed by atoms with Crippen LogP contribution in [-0.2, 0) is 32.0 Å². The maximum absolute atomic E-state index is 11.6.